The number of pyridine rings is 1. The summed E-state index contributed by atoms with van der Waals surface area (Å²) in [4.78, 5) is 8.42. The number of hydrogen-bond acceptors (Lipinski definition) is 5. The number of aliphatic hydroxyl groups is 1. The van der Waals surface area contributed by atoms with Crippen LogP contribution in [-0.4, -0.2) is 15.1 Å². The predicted molar refractivity (Wildman–Crippen MR) is 86.2 cm³/mol. The van der Waals surface area contributed by atoms with Crippen LogP contribution in [0, 0.1) is 6.92 Å². The lowest BCUT2D eigenvalue weighted by molar-refractivity contribution is 0.260. The Morgan fingerprint density at radius 2 is 1.96 bits per heavy atom. The summed E-state index contributed by atoms with van der Waals surface area (Å²) in [6, 6.07) is 10.8. The summed E-state index contributed by atoms with van der Waals surface area (Å²) in [7, 11) is 0. The maximum Gasteiger partial charge on any atom is 0.233 e. The number of aromatic nitrogens is 2. The summed E-state index contributed by atoms with van der Waals surface area (Å²) in [5, 5.41) is 9.63. The Morgan fingerprint density at radius 3 is 2.61 bits per heavy atom. The molecule has 0 fully saturated rings. The van der Waals surface area contributed by atoms with Crippen LogP contribution in [-0.2, 0) is 13.2 Å². The highest BCUT2D eigenvalue weighted by Crippen LogP contribution is 2.26. The van der Waals surface area contributed by atoms with Crippen molar-refractivity contribution in [1.82, 2.24) is 9.97 Å². The monoisotopic (exact) mass is 330 g/mol. The third-order valence-electron chi connectivity index (χ3n) is 3.27. The van der Waals surface area contributed by atoms with Gasteiger partial charge in [-0.05, 0) is 43.3 Å². The Labute approximate surface area is 138 Å². The van der Waals surface area contributed by atoms with Crippen molar-refractivity contribution >= 4 is 11.6 Å². The molecule has 1 aromatic carbocycles. The molecule has 0 saturated heterocycles. The lowest BCUT2D eigenvalue weighted by Gasteiger charge is -2.03. The fourth-order valence-electron chi connectivity index (χ4n) is 2.12. The zero-order valence-electron chi connectivity index (χ0n) is 12.5. The van der Waals surface area contributed by atoms with Gasteiger partial charge in [-0.2, -0.15) is 0 Å². The topological polar surface area (TPSA) is 68.4 Å². The first kappa shape index (κ1) is 15.5. The molecule has 0 unspecified atom stereocenters. The molecule has 2 heterocycles. The zero-order valence-corrected chi connectivity index (χ0v) is 13.2. The van der Waals surface area contributed by atoms with Crippen molar-refractivity contribution in [2.75, 3.05) is 0 Å². The van der Waals surface area contributed by atoms with E-state index < -0.39 is 0 Å². The largest absolute Gasteiger partial charge is 0.482 e. The molecule has 0 spiro atoms. The molecule has 1 N–H and O–H groups in total. The molecule has 0 bridgehead atoms. The Balaban J connectivity index is 1.71. The minimum atomic E-state index is -0.0936. The van der Waals surface area contributed by atoms with Gasteiger partial charge < -0.3 is 14.3 Å². The molecular formula is C17H15ClN2O3. The molecule has 0 amide bonds. The molecular weight excluding hydrogens is 316 g/mol. The normalized spacial score (nSPS) is 10.7. The van der Waals surface area contributed by atoms with Crippen LogP contribution in [0.15, 0.2) is 47.0 Å². The summed E-state index contributed by atoms with van der Waals surface area (Å²) in [6.45, 7) is 1.99. The zero-order chi connectivity index (χ0) is 16.2. The van der Waals surface area contributed by atoms with Crippen LogP contribution in [0.1, 0.15) is 17.3 Å². The predicted octanol–water partition coefficient (Wildman–Crippen LogP) is 3.77. The third kappa shape index (κ3) is 3.70. The molecule has 0 aliphatic carbocycles. The van der Waals surface area contributed by atoms with E-state index in [0.717, 1.165) is 11.3 Å². The molecule has 2 aromatic heterocycles. The molecule has 0 saturated carbocycles. The molecule has 5 nitrogen and oxygen atoms in total. The maximum atomic E-state index is 8.96. The molecule has 6 heteroatoms. The van der Waals surface area contributed by atoms with Crippen molar-refractivity contribution in [2.45, 2.75) is 20.1 Å². The first-order chi connectivity index (χ1) is 11.2. The number of halogens is 1. The third-order valence-corrected chi connectivity index (χ3v) is 3.52. The molecule has 0 aliphatic rings. The quantitative estimate of drug-likeness (QED) is 0.771. The van der Waals surface area contributed by atoms with Gasteiger partial charge in [0.2, 0.25) is 5.89 Å². The Kier molecular flexibility index (Phi) is 4.60. The van der Waals surface area contributed by atoms with E-state index >= 15 is 0 Å². The van der Waals surface area contributed by atoms with Gasteiger partial charge in [-0.3, -0.25) is 4.98 Å². The van der Waals surface area contributed by atoms with E-state index in [9.17, 15) is 0 Å². The molecule has 118 valence electrons. The second-order valence-corrected chi connectivity index (χ2v) is 5.40. The number of hydrogen-bond donors (Lipinski definition) is 1. The van der Waals surface area contributed by atoms with Crippen LogP contribution in [0.4, 0.5) is 0 Å². The van der Waals surface area contributed by atoms with Crippen LogP contribution in [0.25, 0.3) is 11.3 Å². The van der Waals surface area contributed by atoms with Crippen molar-refractivity contribution in [3.05, 3.63) is 64.9 Å². The standard InChI is InChI=1S/C17H15ClN2O3/c1-11-17(12-2-4-13(18)5-3-12)23-16(20-11)10-22-15-7-6-14(9-21)19-8-15/h2-8,21H,9-10H2,1H3. The van der Waals surface area contributed by atoms with Crippen LogP contribution in [0.2, 0.25) is 5.02 Å². The molecule has 23 heavy (non-hydrogen) atoms. The Bertz CT molecular complexity index is 783. The summed E-state index contributed by atoms with van der Waals surface area (Å²) >= 11 is 5.90. The van der Waals surface area contributed by atoms with E-state index in [1.807, 2.05) is 31.2 Å². The van der Waals surface area contributed by atoms with Crippen molar-refractivity contribution in [1.29, 1.82) is 0 Å². The van der Waals surface area contributed by atoms with Gasteiger partial charge in [0.15, 0.2) is 12.4 Å². The Hall–Kier alpha value is -2.37. The molecule has 3 aromatic rings. The van der Waals surface area contributed by atoms with Crippen LogP contribution < -0.4 is 4.74 Å². The molecule has 3 rings (SSSR count). The van der Waals surface area contributed by atoms with Crippen molar-refractivity contribution in [3.8, 4) is 17.1 Å². The van der Waals surface area contributed by atoms with Gasteiger partial charge in [0.25, 0.3) is 0 Å². The van der Waals surface area contributed by atoms with Gasteiger partial charge in [0, 0.05) is 10.6 Å². The second kappa shape index (κ2) is 6.81. The van der Waals surface area contributed by atoms with Crippen molar-refractivity contribution in [2.24, 2.45) is 0 Å². The first-order valence-electron chi connectivity index (χ1n) is 7.06. The number of oxazole rings is 1. The van der Waals surface area contributed by atoms with Gasteiger partial charge in [-0.15, -0.1) is 0 Å². The minimum Gasteiger partial charge on any atom is -0.482 e. The van der Waals surface area contributed by atoms with Crippen molar-refractivity contribution in [3.63, 3.8) is 0 Å². The van der Waals surface area contributed by atoms with Gasteiger partial charge in [-0.1, -0.05) is 11.6 Å². The smallest absolute Gasteiger partial charge is 0.233 e. The number of rotatable bonds is 5. The lowest BCUT2D eigenvalue weighted by Crippen LogP contribution is -1.97. The highest BCUT2D eigenvalue weighted by Gasteiger charge is 2.12. The maximum absolute atomic E-state index is 8.96. The molecule has 0 aliphatic heterocycles. The first-order valence-corrected chi connectivity index (χ1v) is 7.44. The van der Waals surface area contributed by atoms with Gasteiger partial charge in [0.1, 0.15) is 5.75 Å². The summed E-state index contributed by atoms with van der Waals surface area (Å²) in [6.07, 6.45) is 1.56. The number of aliphatic hydroxyl groups excluding tert-OH is 1. The van der Waals surface area contributed by atoms with Gasteiger partial charge in [-0.25, -0.2) is 4.98 Å². The van der Waals surface area contributed by atoms with E-state index in [-0.39, 0.29) is 13.2 Å². The molecule has 0 atom stereocenters. The average Bonchev–Trinajstić information content (AvgIpc) is 2.95. The SMILES string of the molecule is Cc1nc(COc2ccc(CO)nc2)oc1-c1ccc(Cl)cc1. The lowest BCUT2D eigenvalue weighted by atomic mass is 10.1. The van der Waals surface area contributed by atoms with Crippen LogP contribution in [0.3, 0.4) is 0 Å². The van der Waals surface area contributed by atoms with E-state index in [1.165, 1.54) is 0 Å². The second-order valence-electron chi connectivity index (χ2n) is 4.96. The summed E-state index contributed by atoms with van der Waals surface area (Å²) in [5.74, 6) is 1.78. The van der Waals surface area contributed by atoms with Gasteiger partial charge >= 0.3 is 0 Å². The van der Waals surface area contributed by atoms with Crippen molar-refractivity contribution < 1.29 is 14.3 Å². The van der Waals surface area contributed by atoms with E-state index in [2.05, 4.69) is 9.97 Å². The summed E-state index contributed by atoms with van der Waals surface area (Å²) < 4.78 is 11.4. The Morgan fingerprint density at radius 1 is 1.17 bits per heavy atom. The number of benzene rings is 1. The van der Waals surface area contributed by atoms with Crippen LogP contribution in [0.5, 0.6) is 5.75 Å². The number of nitrogens with zero attached hydrogens (tertiary/aromatic N) is 2. The fourth-order valence-corrected chi connectivity index (χ4v) is 2.24. The minimum absolute atomic E-state index is 0.0936. The highest BCUT2D eigenvalue weighted by molar-refractivity contribution is 6.30. The number of ether oxygens (including phenoxy) is 1. The van der Waals surface area contributed by atoms with Crippen LogP contribution >= 0.6 is 11.6 Å². The average molecular weight is 331 g/mol. The summed E-state index contributed by atoms with van der Waals surface area (Å²) in [5.41, 5.74) is 2.30. The van der Waals surface area contributed by atoms with E-state index in [1.54, 1.807) is 18.3 Å². The van der Waals surface area contributed by atoms with Gasteiger partial charge in [0.05, 0.1) is 24.2 Å². The van der Waals surface area contributed by atoms with E-state index in [4.69, 9.17) is 25.9 Å². The number of aryl methyl sites for hydroxylation is 1. The van der Waals surface area contributed by atoms with E-state index in [0.29, 0.717) is 28.1 Å². The molecule has 0 radical (unpaired) electrons. The fraction of sp³-hybridized carbons (Fsp3) is 0.176. The highest BCUT2D eigenvalue weighted by atomic mass is 35.5.